The minimum atomic E-state index is -4.52. The van der Waals surface area contributed by atoms with Gasteiger partial charge >= 0.3 is 6.18 Å². The fourth-order valence-electron chi connectivity index (χ4n) is 3.68. The molecule has 0 atom stereocenters. The molecule has 0 saturated heterocycles. The number of rotatable bonds is 5. The highest BCUT2D eigenvalue weighted by Crippen LogP contribution is 2.34. The van der Waals surface area contributed by atoms with Crippen molar-refractivity contribution in [2.45, 2.75) is 44.3 Å². The van der Waals surface area contributed by atoms with E-state index in [4.69, 9.17) is 11.6 Å². The van der Waals surface area contributed by atoms with Crippen LogP contribution in [0.3, 0.4) is 0 Å². The molecular weight excluding hydrogens is 401 g/mol. The van der Waals surface area contributed by atoms with Crippen LogP contribution in [0, 0.1) is 5.92 Å². The van der Waals surface area contributed by atoms with Gasteiger partial charge in [-0.2, -0.15) is 13.2 Å². The first-order valence-electron chi connectivity index (χ1n) is 9.64. The van der Waals surface area contributed by atoms with Gasteiger partial charge in [-0.3, -0.25) is 4.79 Å². The molecule has 1 aliphatic carbocycles. The number of para-hydroxylation sites is 1. The van der Waals surface area contributed by atoms with Gasteiger partial charge in [-0.25, -0.2) is 0 Å². The first-order chi connectivity index (χ1) is 13.7. The summed E-state index contributed by atoms with van der Waals surface area (Å²) in [5, 5.41) is 6.35. The van der Waals surface area contributed by atoms with E-state index in [1.807, 2.05) is 37.3 Å². The van der Waals surface area contributed by atoms with Crippen LogP contribution in [0.15, 0.2) is 48.5 Å². The van der Waals surface area contributed by atoms with E-state index in [-0.39, 0.29) is 10.6 Å². The largest absolute Gasteiger partial charge is 0.416 e. The number of carbonyl (C=O) groups excluding carboxylic acids is 1. The number of hydrogen-bond donors (Lipinski definition) is 2. The maximum Gasteiger partial charge on any atom is 0.416 e. The molecule has 156 valence electrons. The minimum Gasteiger partial charge on any atom is -0.385 e. The first kappa shape index (κ1) is 21.5. The standard InChI is InChI=1S/C22H24ClF3N2O/c1-21(11-9-15(10-12-21)14-27-17-5-3-2-4-6-17)28-20(29)18-13-16(22(24,25)26)7-8-19(18)23/h2-8,13,15,27H,9-12,14H2,1H3,(H,28,29). The van der Waals surface area contributed by atoms with Gasteiger partial charge in [0, 0.05) is 17.8 Å². The van der Waals surface area contributed by atoms with Gasteiger partial charge in [-0.1, -0.05) is 29.8 Å². The van der Waals surface area contributed by atoms with E-state index in [2.05, 4.69) is 10.6 Å². The Hall–Kier alpha value is -2.21. The Balaban J connectivity index is 1.57. The number of halogens is 4. The van der Waals surface area contributed by atoms with Crippen LogP contribution in [-0.4, -0.2) is 18.0 Å². The summed E-state index contributed by atoms with van der Waals surface area (Å²) in [6.07, 6.45) is -1.15. The predicted molar refractivity (Wildman–Crippen MR) is 109 cm³/mol. The summed E-state index contributed by atoms with van der Waals surface area (Å²) in [6, 6.07) is 12.8. The molecule has 7 heteroatoms. The molecule has 1 aliphatic rings. The van der Waals surface area contributed by atoms with E-state index in [1.165, 1.54) is 0 Å². The van der Waals surface area contributed by atoms with E-state index in [0.717, 1.165) is 56.1 Å². The minimum absolute atomic E-state index is 0.0137. The third-order valence-corrected chi connectivity index (χ3v) is 5.86. The van der Waals surface area contributed by atoms with Gasteiger partial charge in [-0.15, -0.1) is 0 Å². The molecule has 0 heterocycles. The van der Waals surface area contributed by atoms with Crippen molar-refractivity contribution in [2.75, 3.05) is 11.9 Å². The van der Waals surface area contributed by atoms with Crippen LogP contribution < -0.4 is 10.6 Å². The molecule has 0 aliphatic heterocycles. The van der Waals surface area contributed by atoms with Crippen LogP contribution in [0.2, 0.25) is 5.02 Å². The maximum absolute atomic E-state index is 13.0. The summed E-state index contributed by atoms with van der Waals surface area (Å²) >= 11 is 5.99. The van der Waals surface area contributed by atoms with Gasteiger partial charge < -0.3 is 10.6 Å². The average Bonchev–Trinajstić information content (AvgIpc) is 2.67. The third-order valence-electron chi connectivity index (χ3n) is 5.53. The van der Waals surface area contributed by atoms with Crippen LogP contribution in [0.5, 0.6) is 0 Å². The molecule has 2 N–H and O–H groups in total. The van der Waals surface area contributed by atoms with Gasteiger partial charge in [0.2, 0.25) is 0 Å². The number of carbonyl (C=O) groups is 1. The van der Waals surface area contributed by atoms with Crippen molar-refractivity contribution < 1.29 is 18.0 Å². The zero-order valence-corrected chi connectivity index (χ0v) is 16.9. The van der Waals surface area contributed by atoms with Gasteiger partial charge in [0.25, 0.3) is 5.91 Å². The molecule has 0 aromatic heterocycles. The Morgan fingerprint density at radius 1 is 1.14 bits per heavy atom. The molecule has 1 saturated carbocycles. The lowest BCUT2D eigenvalue weighted by atomic mass is 9.77. The Morgan fingerprint density at radius 3 is 2.41 bits per heavy atom. The highest BCUT2D eigenvalue weighted by molar-refractivity contribution is 6.33. The summed E-state index contributed by atoms with van der Waals surface area (Å²) < 4.78 is 38.9. The Kier molecular flexibility index (Phi) is 6.42. The summed E-state index contributed by atoms with van der Waals surface area (Å²) in [5.41, 5.74) is -0.408. The Bertz CT molecular complexity index is 847. The topological polar surface area (TPSA) is 41.1 Å². The first-order valence-corrected chi connectivity index (χ1v) is 10.0. The molecule has 2 aromatic carbocycles. The molecule has 2 aromatic rings. The summed E-state index contributed by atoms with van der Waals surface area (Å²) in [6.45, 7) is 2.79. The number of nitrogens with one attached hydrogen (secondary N) is 2. The maximum atomic E-state index is 13.0. The fraction of sp³-hybridized carbons (Fsp3) is 0.409. The second kappa shape index (κ2) is 8.66. The quantitative estimate of drug-likeness (QED) is 0.604. The smallest absolute Gasteiger partial charge is 0.385 e. The van der Waals surface area contributed by atoms with Crippen molar-refractivity contribution in [1.29, 1.82) is 0 Å². The SMILES string of the molecule is CC1(NC(=O)c2cc(C(F)(F)F)ccc2Cl)CCC(CNc2ccccc2)CC1. The number of anilines is 1. The van der Waals surface area contributed by atoms with Gasteiger partial charge in [0.05, 0.1) is 16.1 Å². The van der Waals surface area contributed by atoms with Crippen LogP contribution in [0.25, 0.3) is 0 Å². The van der Waals surface area contributed by atoms with Gasteiger partial charge in [-0.05, 0) is 68.9 Å². The van der Waals surface area contributed by atoms with E-state index in [9.17, 15) is 18.0 Å². The Labute approximate surface area is 173 Å². The lowest BCUT2D eigenvalue weighted by molar-refractivity contribution is -0.137. The molecule has 0 spiro atoms. The highest BCUT2D eigenvalue weighted by atomic mass is 35.5. The third kappa shape index (κ3) is 5.66. The summed E-state index contributed by atoms with van der Waals surface area (Å²) in [7, 11) is 0. The lowest BCUT2D eigenvalue weighted by Gasteiger charge is -2.38. The number of hydrogen-bond acceptors (Lipinski definition) is 2. The van der Waals surface area contributed by atoms with E-state index >= 15 is 0 Å². The van der Waals surface area contributed by atoms with E-state index < -0.39 is 23.2 Å². The van der Waals surface area contributed by atoms with E-state index in [1.54, 1.807) is 0 Å². The van der Waals surface area contributed by atoms with E-state index in [0.29, 0.717) is 5.92 Å². The molecule has 29 heavy (non-hydrogen) atoms. The van der Waals surface area contributed by atoms with Crippen molar-refractivity contribution in [3.8, 4) is 0 Å². The molecule has 0 bridgehead atoms. The second-order valence-electron chi connectivity index (χ2n) is 7.90. The lowest BCUT2D eigenvalue weighted by Crippen LogP contribution is -2.48. The number of amides is 1. The second-order valence-corrected chi connectivity index (χ2v) is 8.30. The molecule has 1 amide bonds. The molecule has 0 radical (unpaired) electrons. The van der Waals surface area contributed by atoms with Crippen molar-refractivity contribution >= 4 is 23.2 Å². The van der Waals surface area contributed by atoms with Gasteiger partial charge in [0.1, 0.15) is 0 Å². The summed E-state index contributed by atoms with van der Waals surface area (Å²) in [4.78, 5) is 12.6. The Morgan fingerprint density at radius 2 is 1.79 bits per heavy atom. The number of benzene rings is 2. The highest BCUT2D eigenvalue weighted by Gasteiger charge is 2.35. The van der Waals surface area contributed by atoms with Gasteiger partial charge in [0.15, 0.2) is 0 Å². The zero-order chi connectivity index (χ0) is 21.1. The fourth-order valence-corrected chi connectivity index (χ4v) is 3.88. The zero-order valence-electron chi connectivity index (χ0n) is 16.2. The molecule has 3 rings (SSSR count). The molecule has 1 fully saturated rings. The van der Waals surface area contributed by atoms with Crippen molar-refractivity contribution in [2.24, 2.45) is 5.92 Å². The van der Waals surface area contributed by atoms with Crippen LogP contribution in [0.4, 0.5) is 18.9 Å². The van der Waals surface area contributed by atoms with Crippen molar-refractivity contribution in [3.63, 3.8) is 0 Å². The van der Waals surface area contributed by atoms with Crippen molar-refractivity contribution in [1.82, 2.24) is 5.32 Å². The predicted octanol–water partition coefficient (Wildman–Crippen LogP) is 6.15. The summed E-state index contributed by atoms with van der Waals surface area (Å²) in [5.74, 6) is -0.0817. The van der Waals surface area contributed by atoms with Crippen molar-refractivity contribution in [3.05, 3.63) is 64.7 Å². The average molecular weight is 425 g/mol. The van der Waals surface area contributed by atoms with Crippen LogP contribution in [-0.2, 0) is 6.18 Å². The molecular formula is C22H24ClF3N2O. The normalized spacial score (nSPS) is 22.2. The number of alkyl halides is 3. The molecule has 3 nitrogen and oxygen atoms in total. The van der Waals surface area contributed by atoms with Crippen LogP contribution in [0.1, 0.15) is 48.5 Å². The monoisotopic (exact) mass is 424 g/mol. The van der Waals surface area contributed by atoms with Crippen LogP contribution >= 0.6 is 11.6 Å². The molecule has 0 unspecified atom stereocenters.